The summed E-state index contributed by atoms with van der Waals surface area (Å²) in [5.41, 5.74) is 2.69. The normalized spacial score (nSPS) is 10.3. The smallest absolute Gasteiger partial charge is 0.0406 e. The van der Waals surface area contributed by atoms with Crippen molar-refractivity contribution in [3.63, 3.8) is 0 Å². The molecule has 0 radical (unpaired) electrons. The summed E-state index contributed by atoms with van der Waals surface area (Å²) in [5, 5.41) is 0. The van der Waals surface area contributed by atoms with E-state index in [4.69, 9.17) is 0 Å². The van der Waals surface area contributed by atoms with Crippen LogP contribution >= 0.6 is 0 Å². The van der Waals surface area contributed by atoms with E-state index in [-0.39, 0.29) is 0 Å². The molecule has 1 aromatic heterocycles. The standard InChI is InChI=1S/C12H19N/c1-3-5-7-12-10-11(6-4-2)8-9-13-12/h8-10H,3-7H2,1-2H3. The van der Waals surface area contributed by atoms with Gasteiger partial charge in [-0.25, -0.2) is 0 Å². The molecule has 0 aliphatic heterocycles. The van der Waals surface area contributed by atoms with E-state index in [0.717, 1.165) is 6.42 Å². The highest BCUT2D eigenvalue weighted by Gasteiger charge is 1.95. The van der Waals surface area contributed by atoms with Crippen LogP contribution in [0.5, 0.6) is 0 Å². The molecule has 0 aromatic carbocycles. The summed E-state index contributed by atoms with van der Waals surface area (Å²) in [7, 11) is 0. The van der Waals surface area contributed by atoms with Crippen LogP contribution in [-0.4, -0.2) is 4.98 Å². The summed E-state index contributed by atoms with van der Waals surface area (Å²) in [6.45, 7) is 4.43. The van der Waals surface area contributed by atoms with Gasteiger partial charge in [0.05, 0.1) is 0 Å². The molecule has 0 fully saturated rings. The van der Waals surface area contributed by atoms with E-state index < -0.39 is 0 Å². The number of pyridine rings is 1. The van der Waals surface area contributed by atoms with Crippen molar-refractivity contribution >= 4 is 0 Å². The van der Waals surface area contributed by atoms with E-state index in [0.29, 0.717) is 0 Å². The molecule has 0 atom stereocenters. The van der Waals surface area contributed by atoms with Crippen LogP contribution in [0.3, 0.4) is 0 Å². The number of hydrogen-bond acceptors (Lipinski definition) is 1. The second-order valence-electron chi connectivity index (χ2n) is 3.51. The molecule has 13 heavy (non-hydrogen) atoms. The zero-order valence-electron chi connectivity index (χ0n) is 8.71. The molecular formula is C12H19N. The molecule has 0 saturated carbocycles. The van der Waals surface area contributed by atoms with Crippen molar-refractivity contribution in [1.82, 2.24) is 4.98 Å². The first-order valence-electron chi connectivity index (χ1n) is 5.30. The zero-order valence-corrected chi connectivity index (χ0v) is 8.71. The van der Waals surface area contributed by atoms with Crippen molar-refractivity contribution < 1.29 is 0 Å². The Morgan fingerprint density at radius 2 is 2.00 bits per heavy atom. The molecule has 0 unspecified atom stereocenters. The fourth-order valence-corrected chi connectivity index (χ4v) is 1.47. The Morgan fingerprint density at radius 1 is 1.15 bits per heavy atom. The van der Waals surface area contributed by atoms with E-state index >= 15 is 0 Å². The fourth-order valence-electron chi connectivity index (χ4n) is 1.47. The lowest BCUT2D eigenvalue weighted by Crippen LogP contribution is -1.92. The van der Waals surface area contributed by atoms with E-state index in [1.54, 1.807) is 0 Å². The summed E-state index contributed by atoms with van der Waals surface area (Å²) in [4.78, 5) is 4.36. The number of nitrogens with zero attached hydrogens (tertiary/aromatic N) is 1. The number of unbranched alkanes of at least 4 members (excludes halogenated alkanes) is 1. The summed E-state index contributed by atoms with van der Waals surface area (Å²) >= 11 is 0. The molecule has 0 aliphatic rings. The largest absolute Gasteiger partial charge is 0.261 e. The highest BCUT2D eigenvalue weighted by Crippen LogP contribution is 2.07. The van der Waals surface area contributed by atoms with Gasteiger partial charge >= 0.3 is 0 Å². The first-order valence-corrected chi connectivity index (χ1v) is 5.30. The van der Waals surface area contributed by atoms with Gasteiger partial charge in [-0.3, -0.25) is 4.98 Å². The SMILES string of the molecule is CCCCc1cc(CCC)ccn1. The van der Waals surface area contributed by atoms with Crippen molar-refractivity contribution in [2.45, 2.75) is 46.0 Å². The molecule has 0 amide bonds. The molecule has 0 aliphatic carbocycles. The van der Waals surface area contributed by atoms with Crippen molar-refractivity contribution in [2.75, 3.05) is 0 Å². The summed E-state index contributed by atoms with van der Waals surface area (Å²) in [6, 6.07) is 4.37. The van der Waals surface area contributed by atoms with Crippen LogP contribution in [0.4, 0.5) is 0 Å². The highest BCUT2D eigenvalue weighted by molar-refractivity contribution is 5.16. The average Bonchev–Trinajstić information content (AvgIpc) is 2.16. The maximum absolute atomic E-state index is 4.36. The van der Waals surface area contributed by atoms with Gasteiger partial charge < -0.3 is 0 Å². The molecule has 1 rings (SSSR count). The first kappa shape index (κ1) is 10.2. The number of hydrogen-bond donors (Lipinski definition) is 0. The van der Waals surface area contributed by atoms with Crippen LogP contribution in [0.25, 0.3) is 0 Å². The lowest BCUT2D eigenvalue weighted by atomic mass is 10.1. The molecule has 1 nitrogen and oxygen atoms in total. The van der Waals surface area contributed by atoms with Gasteiger partial charge in [0.15, 0.2) is 0 Å². The van der Waals surface area contributed by atoms with Crippen molar-refractivity contribution in [3.05, 3.63) is 29.6 Å². The van der Waals surface area contributed by atoms with Gasteiger partial charge in [-0.1, -0.05) is 26.7 Å². The summed E-state index contributed by atoms with van der Waals surface area (Å²) in [5.74, 6) is 0. The Bertz CT molecular complexity index is 243. The molecule has 0 saturated heterocycles. The molecule has 0 spiro atoms. The third-order valence-electron chi connectivity index (χ3n) is 2.21. The van der Waals surface area contributed by atoms with Crippen LogP contribution in [0, 0.1) is 0 Å². The van der Waals surface area contributed by atoms with Gasteiger partial charge in [-0.15, -0.1) is 0 Å². The van der Waals surface area contributed by atoms with E-state index in [9.17, 15) is 0 Å². The van der Waals surface area contributed by atoms with Gasteiger partial charge in [0, 0.05) is 11.9 Å². The van der Waals surface area contributed by atoms with Crippen LogP contribution in [0.15, 0.2) is 18.3 Å². The minimum atomic E-state index is 1.13. The topological polar surface area (TPSA) is 12.9 Å². The third kappa shape index (κ3) is 3.58. The molecular weight excluding hydrogens is 158 g/mol. The lowest BCUT2D eigenvalue weighted by molar-refractivity contribution is 0.773. The fraction of sp³-hybridized carbons (Fsp3) is 0.583. The van der Waals surface area contributed by atoms with Crippen LogP contribution in [-0.2, 0) is 12.8 Å². The molecule has 1 aromatic rings. The van der Waals surface area contributed by atoms with Crippen LogP contribution in [0.1, 0.15) is 44.4 Å². The van der Waals surface area contributed by atoms with Gasteiger partial charge in [0.25, 0.3) is 0 Å². The Hall–Kier alpha value is -0.850. The monoisotopic (exact) mass is 177 g/mol. The quantitative estimate of drug-likeness (QED) is 0.672. The predicted molar refractivity (Wildman–Crippen MR) is 56.8 cm³/mol. The number of aryl methyl sites for hydroxylation is 2. The predicted octanol–water partition coefficient (Wildman–Crippen LogP) is 3.38. The molecule has 0 bridgehead atoms. The average molecular weight is 177 g/mol. The number of rotatable bonds is 5. The van der Waals surface area contributed by atoms with Crippen molar-refractivity contribution in [2.24, 2.45) is 0 Å². The summed E-state index contributed by atoms with van der Waals surface area (Å²) in [6.07, 6.45) is 7.98. The molecule has 72 valence electrons. The maximum atomic E-state index is 4.36. The van der Waals surface area contributed by atoms with E-state index in [2.05, 4.69) is 31.0 Å². The Labute approximate surface area is 81.2 Å². The van der Waals surface area contributed by atoms with Crippen LogP contribution in [0.2, 0.25) is 0 Å². The molecule has 0 N–H and O–H groups in total. The van der Waals surface area contributed by atoms with Crippen LogP contribution < -0.4 is 0 Å². The molecule has 1 heteroatoms. The van der Waals surface area contributed by atoms with Crippen molar-refractivity contribution in [1.29, 1.82) is 0 Å². The Kier molecular flexibility index (Phi) is 4.52. The maximum Gasteiger partial charge on any atom is 0.0406 e. The minimum absolute atomic E-state index is 1.13. The van der Waals surface area contributed by atoms with Gasteiger partial charge in [-0.05, 0) is 37.0 Å². The highest BCUT2D eigenvalue weighted by atomic mass is 14.7. The van der Waals surface area contributed by atoms with E-state index in [1.165, 1.54) is 36.9 Å². The summed E-state index contributed by atoms with van der Waals surface area (Å²) < 4.78 is 0. The second-order valence-corrected chi connectivity index (χ2v) is 3.51. The minimum Gasteiger partial charge on any atom is -0.261 e. The molecule has 1 heterocycles. The second kappa shape index (κ2) is 5.74. The Balaban J connectivity index is 2.56. The third-order valence-corrected chi connectivity index (χ3v) is 2.21. The van der Waals surface area contributed by atoms with Gasteiger partial charge in [0.1, 0.15) is 0 Å². The first-order chi connectivity index (χ1) is 6.36. The zero-order chi connectivity index (χ0) is 9.52. The lowest BCUT2D eigenvalue weighted by Gasteiger charge is -2.02. The number of aromatic nitrogens is 1. The Morgan fingerprint density at radius 3 is 2.69 bits per heavy atom. The van der Waals surface area contributed by atoms with Gasteiger partial charge in [0.2, 0.25) is 0 Å². The van der Waals surface area contributed by atoms with E-state index in [1.807, 2.05) is 6.20 Å². The van der Waals surface area contributed by atoms with Gasteiger partial charge in [-0.2, -0.15) is 0 Å². The van der Waals surface area contributed by atoms with Crippen molar-refractivity contribution in [3.8, 4) is 0 Å².